The Hall–Kier alpha value is -0.300. The summed E-state index contributed by atoms with van der Waals surface area (Å²) in [5.74, 6) is 0.898. The monoisotopic (exact) mass is 211 g/mol. The van der Waals surface area contributed by atoms with Crippen LogP contribution < -0.4 is 5.32 Å². The molecular weight excluding hydrogens is 182 g/mol. The molecule has 0 saturated carbocycles. The first-order chi connectivity index (χ1) is 7.35. The van der Waals surface area contributed by atoms with Gasteiger partial charge in [0.05, 0.1) is 0 Å². The molecule has 15 heavy (non-hydrogen) atoms. The molecule has 1 atom stereocenters. The Bertz CT molecular complexity index is 123. The van der Waals surface area contributed by atoms with Crippen molar-refractivity contribution in [3.05, 3.63) is 12.7 Å². The van der Waals surface area contributed by atoms with Crippen molar-refractivity contribution < 1.29 is 0 Å². The summed E-state index contributed by atoms with van der Waals surface area (Å²) in [6.45, 7) is 10.6. The maximum absolute atomic E-state index is 3.76. The molecule has 0 aromatic heterocycles. The fourth-order valence-electron chi connectivity index (χ4n) is 1.91. The van der Waals surface area contributed by atoms with Gasteiger partial charge in [0.1, 0.15) is 0 Å². The second-order valence-electron chi connectivity index (χ2n) is 4.39. The summed E-state index contributed by atoms with van der Waals surface area (Å²) in [5, 5.41) is 3.48. The van der Waals surface area contributed by atoms with E-state index in [9.17, 15) is 0 Å². The third kappa shape index (κ3) is 9.99. The molecule has 0 aromatic rings. The molecule has 1 N–H and O–H groups in total. The van der Waals surface area contributed by atoms with Crippen molar-refractivity contribution in [1.29, 1.82) is 0 Å². The molecule has 0 radical (unpaired) electrons. The van der Waals surface area contributed by atoms with Crippen molar-refractivity contribution in [1.82, 2.24) is 5.32 Å². The Balaban J connectivity index is 3.53. The van der Waals surface area contributed by atoms with Crippen LogP contribution in [0.3, 0.4) is 0 Å². The highest BCUT2D eigenvalue weighted by molar-refractivity contribution is 4.68. The molecule has 0 spiro atoms. The van der Waals surface area contributed by atoms with Gasteiger partial charge in [0.15, 0.2) is 0 Å². The summed E-state index contributed by atoms with van der Waals surface area (Å²) in [4.78, 5) is 0. The van der Waals surface area contributed by atoms with Crippen LogP contribution >= 0.6 is 0 Å². The highest BCUT2D eigenvalue weighted by atomic mass is 14.8. The van der Waals surface area contributed by atoms with Crippen LogP contribution in [0.2, 0.25) is 0 Å². The Labute approximate surface area is 96.3 Å². The van der Waals surface area contributed by atoms with Crippen molar-refractivity contribution >= 4 is 0 Å². The molecule has 0 aliphatic heterocycles. The van der Waals surface area contributed by atoms with Crippen LogP contribution in [0.25, 0.3) is 0 Å². The van der Waals surface area contributed by atoms with Gasteiger partial charge in [-0.05, 0) is 44.7 Å². The van der Waals surface area contributed by atoms with Crippen LogP contribution in [0.15, 0.2) is 12.7 Å². The molecule has 1 nitrogen and oxygen atoms in total. The second kappa shape index (κ2) is 11.8. The fourth-order valence-corrected chi connectivity index (χ4v) is 1.91. The number of hydrogen-bond donors (Lipinski definition) is 1. The lowest BCUT2D eigenvalue weighted by atomic mass is 9.95. The van der Waals surface area contributed by atoms with Gasteiger partial charge in [-0.2, -0.15) is 0 Å². The Morgan fingerprint density at radius 1 is 1.13 bits per heavy atom. The van der Waals surface area contributed by atoms with Crippen molar-refractivity contribution in [3.63, 3.8) is 0 Å². The van der Waals surface area contributed by atoms with Gasteiger partial charge >= 0.3 is 0 Å². The summed E-state index contributed by atoms with van der Waals surface area (Å²) in [5.41, 5.74) is 0. The van der Waals surface area contributed by atoms with Crippen molar-refractivity contribution in [2.24, 2.45) is 5.92 Å². The van der Waals surface area contributed by atoms with Crippen LogP contribution in [-0.4, -0.2) is 13.1 Å². The lowest BCUT2D eigenvalue weighted by Crippen LogP contribution is -2.22. The van der Waals surface area contributed by atoms with Gasteiger partial charge in [0.2, 0.25) is 0 Å². The van der Waals surface area contributed by atoms with Crippen LogP contribution in [0.5, 0.6) is 0 Å². The highest BCUT2D eigenvalue weighted by Crippen LogP contribution is 2.16. The average Bonchev–Trinajstić information content (AvgIpc) is 2.27. The van der Waals surface area contributed by atoms with Crippen molar-refractivity contribution in [3.8, 4) is 0 Å². The smallest absolute Gasteiger partial charge is 0.00206 e. The van der Waals surface area contributed by atoms with E-state index in [1.165, 1.54) is 51.5 Å². The van der Waals surface area contributed by atoms with E-state index in [0.717, 1.165) is 12.5 Å². The molecule has 0 aromatic carbocycles. The minimum absolute atomic E-state index is 0.898. The Morgan fingerprint density at radius 3 is 2.47 bits per heavy atom. The molecule has 0 saturated heterocycles. The van der Waals surface area contributed by atoms with Crippen molar-refractivity contribution in [2.75, 3.05) is 13.1 Å². The topological polar surface area (TPSA) is 12.0 Å². The molecule has 0 aliphatic carbocycles. The van der Waals surface area contributed by atoms with Crippen LogP contribution in [0.1, 0.15) is 58.8 Å². The first-order valence-corrected chi connectivity index (χ1v) is 6.66. The first-order valence-electron chi connectivity index (χ1n) is 6.66. The van der Waals surface area contributed by atoms with E-state index < -0.39 is 0 Å². The zero-order valence-electron chi connectivity index (χ0n) is 10.7. The molecule has 1 unspecified atom stereocenters. The van der Waals surface area contributed by atoms with Crippen LogP contribution in [0.4, 0.5) is 0 Å². The van der Waals surface area contributed by atoms with E-state index in [2.05, 4.69) is 25.7 Å². The van der Waals surface area contributed by atoms with E-state index in [-0.39, 0.29) is 0 Å². The third-order valence-corrected chi connectivity index (χ3v) is 2.92. The van der Waals surface area contributed by atoms with Gasteiger partial charge in [0.25, 0.3) is 0 Å². The minimum atomic E-state index is 0.898. The summed E-state index contributed by atoms with van der Waals surface area (Å²) in [7, 11) is 0. The molecule has 0 heterocycles. The van der Waals surface area contributed by atoms with Gasteiger partial charge in [0, 0.05) is 0 Å². The Kier molecular flexibility index (Phi) is 11.5. The van der Waals surface area contributed by atoms with Crippen molar-refractivity contribution in [2.45, 2.75) is 58.8 Å². The Morgan fingerprint density at radius 2 is 1.87 bits per heavy atom. The zero-order chi connectivity index (χ0) is 11.4. The second-order valence-corrected chi connectivity index (χ2v) is 4.39. The predicted octanol–water partition coefficient (Wildman–Crippen LogP) is 4.15. The number of unbranched alkanes of at least 4 members (excludes halogenated alkanes) is 3. The quantitative estimate of drug-likeness (QED) is 0.400. The van der Waals surface area contributed by atoms with Gasteiger partial charge in [-0.3, -0.25) is 0 Å². The van der Waals surface area contributed by atoms with Gasteiger partial charge < -0.3 is 5.32 Å². The number of rotatable bonds is 11. The molecule has 1 heteroatoms. The SMILES string of the molecule is C=CCCCCC(CCCC)CNCC. The molecule has 0 rings (SSSR count). The maximum atomic E-state index is 3.76. The lowest BCUT2D eigenvalue weighted by Gasteiger charge is -2.16. The normalized spacial score (nSPS) is 12.7. The summed E-state index contributed by atoms with van der Waals surface area (Å²) in [6, 6.07) is 0. The number of hydrogen-bond acceptors (Lipinski definition) is 1. The fraction of sp³-hybridized carbons (Fsp3) is 0.857. The molecule has 0 aliphatic rings. The van der Waals surface area contributed by atoms with Gasteiger partial charge in [-0.25, -0.2) is 0 Å². The minimum Gasteiger partial charge on any atom is -0.317 e. The molecule has 0 fully saturated rings. The van der Waals surface area contributed by atoms with Crippen LogP contribution in [-0.2, 0) is 0 Å². The van der Waals surface area contributed by atoms with E-state index in [0.29, 0.717) is 0 Å². The van der Waals surface area contributed by atoms with Gasteiger partial charge in [-0.1, -0.05) is 39.2 Å². The van der Waals surface area contributed by atoms with E-state index in [1.807, 2.05) is 6.08 Å². The van der Waals surface area contributed by atoms with Crippen LogP contribution in [0, 0.1) is 5.92 Å². The molecule has 0 amide bonds. The van der Waals surface area contributed by atoms with E-state index in [4.69, 9.17) is 0 Å². The molecule has 90 valence electrons. The number of allylic oxidation sites excluding steroid dienone is 1. The molecular formula is C14H29N. The maximum Gasteiger partial charge on any atom is -0.00206 e. The summed E-state index contributed by atoms with van der Waals surface area (Å²) < 4.78 is 0. The first kappa shape index (κ1) is 14.7. The predicted molar refractivity (Wildman–Crippen MR) is 70.2 cm³/mol. The molecule has 0 bridgehead atoms. The number of nitrogens with one attached hydrogen (secondary N) is 1. The standard InChI is InChI=1S/C14H29N/c1-4-7-9-10-12-14(11-8-5-2)13-15-6-3/h4,14-15H,1,5-13H2,2-3H3. The lowest BCUT2D eigenvalue weighted by molar-refractivity contribution is 0.396. The van der Waals surface area contributed by atoms with E-state index >= 15 is 0 Å². The zero-order valence-corrected chi connectivity index (χ0v) is 10.7. The highest BCUT2D eigenvalue weighted by Gasteiger charge is 2.06. The summed E-state index contributed by atoms with van der Waals surface area (Å²) in [6.07, 6.45) is 11.4. The van der Waals surface area contributed by atoms with E-state index in [1.54, 1.807) is 0 Å². The summed E-state index contributed by atoms with van der Waals surface area (Å²) >= 11 is 0. The largest absolute Gasteiger partial charge is 0.317 e. The third-order valence-electron chi connectivity index (χ3n) is 2.92. The average molecular weight is 211 g/mol. The van der Waals surface area contributed by atoms with Gasteiger partial charge in [-0.15, -0.1) is 6.58 Å².